The van der Waals surface area contributed by atoms with Crippen molar-refractivity contribution in [1.82, 2.24) is 10.1 Å². The van der Waals surface area contributed by atoms with Gasteiger partial charge in [-0.25, -0.2) is 0 Å². The van der Waals surface area contributed by atoms with Crippen LogP contribution in [0.3, 0.4) is 0 Å². The molecule has 2 rings (SSSR count). The first-order valence-corrected chi connectivity index (χ1v) is 6.77. The summed E-state index contributed by atoms with van der Waals surface area (Å²) >= 11 is 0. The second kappa shape index (κ2) is 5.74. The third kappa shape index (κ3) is 3.56. The second-order valence-corrected chi connectivity index (χ2v) is 5.42. The fourth-order valence-electron chi connectivity index (χ4n) is 1.99. The SMILES string of the molecule is Cc1noc(C)c1CN(C)C(=O)C(C)OCC1CC1. The fraction of sp³-hybridized carbons (Fsp3) is 0.714. The molecule has 1 amide bonds. The molecule has 0 aromatic carbocycles. The Hall–Kier alpha value is -1.36. The number of ether oxygens (including phenoxy) is 1. The van der Waals surface area contributed by atoms with Crippen molar-refractivity contribution in [1.29, 1.82) is 0 Å². The molecule has 1 saturated carbocycles. The van der Waals surface area contributed by atoms with Gasteiger partial charge in [0.25, 0.3) is 5.91 Å². The number of hydrogen-bond acceptors (Lipinski definition) is 4. The van der Waals surface area contributed by atoms with Gasteiger partial charge in [0.2, 0.25) is 0 Å². The van der Waals surface area contributed by atoms with E-state index in [0.29, 0.717) is 19.1 Å². The van der Waals surface area contributed by atoms with Crippen molar-refractivity contribution < 1.29 is 14.1 Å². The normalized spacial score (nSPS) is 16.4. The Morgan fingerprint density at radius 1 is 1.53 bits per heavy atom. The largest absolute Gasteiger partial charge is 0.368 e. The number of likely N-dealkylation sites (N-methyl/N-ethyl adjacent to an activating group) is 1. The van der Waals surface area contributed by atoms with Crippen LogP contribution in [0, 0.1) is 19.8 Å². The van der Waals surface area contributed by atoms with Gasteiger partial charge in [-0.15, -0.1) is 0 Å². The predicted molar refractivity (Wildman–Crippen MR) is 70.6 cm³/mol. The maximum absolute atomic E-state index is 12.2. The maximum Gasteiger partial charge on any atom is 0.251 e. The van der Waals surface area contributed by atoms with Gasteiger partial charge in [0.15, 0.2) is 0 Å². The van der Waals surface area contributed by atoms with Crippen LogP contribution in [0.25, 0.3) is 0 Å². The monoisotopic (exact) mass is 266 g/mol. The highest BCUT2D eigenvalue weighted by Crippen LogP contribution is 2.29. The molecule has 1 aromatic rings. The average molecular weight is 266 g/mol. The topological polar surface area (TPSA) is 55.6 Å². The van der Waals surface area contributed by atoms with E-state index in [1.807, 2.05) is 20.8 Å². The number of aryl methyl sites for hydroxylation is 2. The Labute approximate surface area is 113 Å². The lowest BCUT2D eigenvalue weighted by molar-refractivity contribution is -0.142. The van der Waals surface area contributed by atoms with Gasteiger partial charge in [-0.3, -0.25) is 4.79 Å². The molecule has 5 nitrogen and oxygen atoms in total. The molecule has 1 aliphatic carbocycles. The zero-order chi connectivity index (χ0) is 14.0. The first-order valence-electron chi connectivity index (χ1n) is 6.77. The van der Waals surface area contributed by atoms with Crippen LogP contribution >= 0.6 is 0 Å². The number of amides is 1. The van der Waals surface area contributed by atoms with Gasteiger partial charge in [0.1, 0.15) is 11.9 Å². The summed E-state index contributed by atoms with van der Waals surface area (Å²) in [7, 11) is 1.78. The smallest absolute Gasteiger partial charge is 0.251 e. The van der Waals surface area contributed by atoms with Crippen molar-refractivity contribution in [2.75, 3.05) is 13.7 Å². The molecule has 0 spiro atoms. The van der Waals surface area contributed by atoms with Crippen LogP contribution in [0.2, 0.25) is 0 Å². The summed E-state index contributed by atoms with van der Waals surface area (Å²) in [5.41, 5.74) is 1.81. The number of carbonyl (C=O) groups is 1. The van der Waals surface area contributed by atoms with E-state index in [4.69, 9.17) is 9.26 Å². The summed E-state index contributed by atoms with van der Waals surface area (Å²) in [5.74, 6) is 1.44. The predicted octanol–water partition coefficient (Wildman–Crippen LogP) is 2.06. The van der Waals surface area contributed by atoms with Crippen LogP contribution in [0.4, 0.5) is 0 Å². The van der Waals surface area contributed by atoms with Crippen molar-refractivity contribution in [3.8, 4) is 0 Å². The lowest BCUT2D eigenvalue weighted by Crippen LogP contribution is -2.36. The average Bonchev–Trinajstić information content (AvgIpc) is 3.17. The Balaban J connectivity index is 1.87. The molecule has 1 fully saturated rings. The van der Waals surface area contributed by atoms with Crippen molar-refractivity contribution in [3.63, 3.8) is 0 Å². The number of hydrogen-bond donors (Lipinski definition) is 0. The van der Waals surface area contributed by atoms with Gasteiger partial charge in [0, 0.05) is 12.6 Å². The molecule has 0 bridgehead atoms. The molecule has 1 unspecified atom stereocenters. The molecule has 106 valence electrons. The summed E-state index contributed by atoms with van der Waals surface area (Å²) in [6.07, 6.45) is 2.08. The van der Waals surface area contributed by atoms with Crippen LogP contribution in [0.1, 0.15) is 36.8 Å². The molecule has 1 heterocycles. The highest BCUT2D eigenvalue weighted by atomic mass is 16.5. The van der Waals surface area contributed by atoms with E-state index in [1.165, 1.54) is 12.8 Å². The number of carbonyl (C=O) groups excluding carboxylic acids is 1. The van der Waals surface area contributed by atoms with Gasteiger partial charge in [-0.2, -0.15) is 0 Å². The molecule has 0 aliphatic heterocycles. The first kappa shape index (κ1) is 14.1. The Bertz CT molecular complexity index is 432. The molecular weight excluding hydrogens is 244 g/mol. The lowest BCUT2D eigenvalue weighted by Gasteiger charge is -2.21. The minimum absolute atomic E-state index is 0.000602. The molecule has 5 heteroatoms. The summed E-state index contributed by atoms with van der Waals surface area (Å²) in [6.45, 7) is 6.77. The summed E-state index contributed by atoms with van der Waals surface area (Å²) < 4.78 is 10.7. The quantitative estimate of drug-likeness (QED) is 0.791. The minimum atomic E-state index is -0.383. The first-order chi connectivity index (χ1) is 8.99. The molecule has 1 aliphatic rings. The third-order valence-corrected chi connectivity index (χ3v) is 3.58. The van der Waals surface area contributed by atoms with Gasteiger partial charge in [-0.05, 0) is 39.5 Å². The van der Waals surface area contributed by atoms with Gasteiger partial charge in [0.05, 0.1) is 18.8 Å². The lowest BCUT2D eigenvalue weighted by atomic mass is 10.2. The zero-order valence-corrected chi connectivity index (χ0v) is 12.1. The van der Waals surface area contributed by atoms with E-state index < -0.39 is 0 Å². The van der Waals surface area contributed by atoms with Crippen molar-refractivity contribution >= 4 is 5.91 Å². The Morgan fingerprint density at radius 3 is 2.74 bits per heavy atom. The van der Waals surface area contributed by atoms with Crippen LogP contribution in [-0.2, 0) is 16.1 Å². The maximum atomic E-state index is 12.2. The summed E-state index contributed by atoms with van der Waals surface area (Å²) in [4.78, 5) is 13.8. The standard InChI is InChI=1S/C14H22N2O3/c1-9-13(10(2)19-15-9)7-16(4)14(17)11(3)18-8-12-5-6-12/h11-12H,5-8H2,1-4H3. The van der Waals surface area contributed by atoms with Crippen molar-refractivity contribution in [2.45, 2.75) is 46.3 Å². The summed E-state index contributed by atoms with van der Waals surface area (Å²) in [6, 6.07) is 0. The molecule has 1 atom stereocenters. The molecule has 0 N–H and O–H groups in total. The van der Waals surface area contributed by atoms with E-state index >= 15 is 0 Å². The molecule has 0 radical (unpaired) electrons. The van der Waals surface area contributed by atoms with E-state index in [1.54, 1.807) is 11.9 Å². The van der Waals surface area contributed by atoms with Crippen LogP contribution in [0.15, 0.2) is 4.52 Å². The number of rotatable bonds is 6. The molecule has 0 saturated heterocycles. The van der Waals surface area contributed by atoms with Crippen molar-refractivity contribution in [2.24, 2.45) is 5.92 Å². The van der Waals surface area contributed by atoms with Crippen molar-refractivity contribution in [3.05, 3.63) is 17.0 Å². The number of nitrogens with zero attached hydrogens (tertiary/aromatic N) is 2. The Kier molecular flexibility index (Phi) is 4.24. The Morgan fingerprint density at radius 2 is 2.21 bits per heavy atom. The van der Waals surface area contributed by atoms with Gasteiger partial charge in [-0.1, -0.05) is 5.16 Å². The van der Waals surface area contributed by atoms with Crippen LogP contribution in [-0.4, -0.2) is 35.7 Å². The van der Waals surface area contributed by atoms with E-state index in [-0.39, 0.29) is 12.0 Å². The van der Waals surface area contributed by atoms with Crippen LogP contribution < -0.4 is 0 Å². The fourth-order valence-corrected chi connectivity index (χ4v) is 1.99. The van der Waals surface area contributed by atoms with E-state index in [0.717, 1.165) is 17.0 Å². The molecular formula is C14H22N2O3. The highest BCUT2D eigenvalue weighted by Gasteiger charge is 2.25. The summed E-state index contributed by atoms with van der Waals surface area (Å²) in [5, 5.41) is 3.90. The van der Waals surface area contributed by atoms with Gasteiger partial charge >= 0.3 is 0 Å². The number of aromatic nitrogens is 1. The third-order valence-electron chi connectivity index (χ3n) is 3.58. The minimum Gasteiger partial charge on any atom is -0.368 e. The van der Waals surface area contributed by atoms with Crippen LogP contribution in [0.5, 0.6) is 0 Å². The zero-order valence-electron chi connectivity index (χ0n) is 12.1. The van der Waals surface area contributed by atoms with Gasteiger partial charge < -0.3 is 14.2 Å². The highest BCUT2D eigenvalue weighted by molar-refractivity contribution is 5.80. The second-order valence-electron chi connectivity index (χ2n) is 5.42. The molecule has 19 heavy (non-hydrogen) atoms. The molecule has 1 aromatic heterocycles. The van der Waals surface area contributed by atoms with E-state index in [2.05, 4.69) is 5.16 Å². The van der Waals surface area contributed by atoms with E-state index in [9.17, 15) is 4.79 Å².